The molecule has 2 aromatic carbocycles. The van der Waals surface area contributed by atoms with E-state index in [4.69, 9.17) is 11.6 Å². The Morgan fingerprint density at radius 2 is 1.96 bits per heavy atom. The van der Waals surface area contributed by atoms with E-state index < -0.39 is 5.97 Å². The summed E-state index contributed by atoms with van der Waals surface area (Å²) in [5.74, 6) is -0.591. The lowest BCUT2D eigenvalue weighted by Gasteiger charge is -2.30. The summed E-state index contributed by atoms with van der Waals surface area (Å²) in [6.45, 7) is 2.06. The number of aromatic nitrogens is 1. The summed E-state index contributed by atoms with van der Waals surface area (Å²) in [7, 11) is 2.14. The molecule has 0 aliphatic carbocycles. The Morgan fingerprint density at radius 3 is 2.71 bits per heavy atom. The predicted octanol–water partition coefficient (Wildman–Crippen LogP) is 5.14. The second kappa shape index (κ2) is 7.78. The van der Waals surface area contributed by atoms with Gasteiger partial charge in [-0.05, 0) is 74.8 Å². The van der Waals surface area contributed by atoms with Gasteiger partial charge in [0, 0.05) is 16.6 Å². The molecule has 1 fully saturated rings. The summed E-state index contributed by atoms with van der Waals surface area (Å²) < 4.78 is 0. The molecule has 2 heterocycles. The van der Waals surface area contributed by atoms with Crippen molar-refractivity contribution in [3.63, 3.8) is 0 Å². The van der Waals surface area contributed by atoms with Gasteiger partial charge in [-0.3, -0.25) is 4.98 Å². The Labute approximate surface area is 169 Å². The van der Waals surface area contributed by atoms with Crippen LogP contribution in [0.3, 0.4) is 0 Å². The molecular formula is C22H22ClN3O2. The Kier molecular flexibility index (Phi) is 5.20. The number of piperidine rings is 1. The van der Waals surface area contributed by atoms with E-state index in [1.54, 1.807) is 18.2 Å². The molecule has 1 aromatic heterocycles. The van der Waals surface area contributed by atoms with Gasteiger partial charge in [-0.15, -0.1) is 0 Å². The maximum atomic E-state index is 11.7. The molecule has 1 saturated heterocycles. The zero-order valence-electron chi connectivity index (χ0n) is 15.7. The Hall–Kier alpha value is -2.63. The highest BCUT2D eigenvalue weighted by Gasteiger charge is 2.23. The SMILES string of the molecule is CN1CCC(c2cnc3ccc(Cl)cc3c2Nc2ccccc2C(=O)O)CC1. The minimum absolute atomic E-state index is 0.240. The Morgan fingerprint density at radius 1 is 1.21 bits per heavy atom. The number of fused-ring (bicyclic) bond motifs is 1. The van der Waals surface area contributed by atoms with Crippen molar-refractivity contribution in [1.82, 2.24) is 9.88 Å². The van der Waals surface area contributed by atoms with Crippen LogP contribution in [0, 0.1) is 0 Å². The third-order valence-corrected chi connectivity index (χ3v) is 5.67. The number of halogens is 1. The first-order valence-electron chi connectivity index (χ1n) is 9.39. The minimum atomic E-state index is -0.958. The van der Waals surface area contributed by atoms with Gasteiger partial charge in [0.2, 0.25) is 0 Å². The lowest BCUT2D eigenvalue weighted by Crippen LogP contribution is -2.29. The van der Waals surface area contributed by atoms with Crippen molar-refractivity contribution in [3.05, 3.63) is 64.8 Å². The van der Waals surface area contributed by atoms with Gasteiger partial charge >= 0.3 is 5.97 Å². The van der Waals surface area contributed by atoms with Gasteiger partial charge in [0.25, 0.3) is 0 Å². The number of carboxylic acid groups (broad SMARTS) is 1. The van der Waals surface area contributed by atoms with Gasteiger partial charge in [0.15, 0.2) is 0 Å². The summed E-state index contributed by atoms with van der Waals surface area (Å²) in [5.41, 5.74) is 3.65. The number of benzene rings is 2. The van der Waals surface area contributed by atoms with Crippen molar-refractivity contribution in [1.29, 1.82) is 0 Å². The number of aromatic carboxylic acids is 1. The van der Waals surface area contributed by atoms with Crippen molar-refractivity contribution >= 4 is 39.8 Å². The van der Waals surface area contributed by atoms with Gasteiger partial charge in [0.1, 0.15) is 0 Å². The van der Waals surface area contributed by atoms with Crippen LogP contribution in [0.1, 0.15) is 34.7 Å². The molecule has 0 bridgehead atoms. The van der Waals surface area contributed by atoms with Gasteiger partial charge in [-0.25, -0.2) is 4.79 Å². The third kappa shape index (κ3) is 3.68. The quantitative estimate of drug-likeness (QED) is 0.640. The highest BCUT2D eigenvalue weighted by atomic mass is 35.5. The van der Waals surface area contributed by atoms with Crippen LogP contribution in [0.5, 0.6) is 0 Å². The first kappa shape index (κ1) is 18.7. The van der Waals surface area contributed by atoms with E-state index in [1.807, 2.05) is 30.5 Å². The standard InChI is InChI=1S/C22H22ClN3O2/c1-26-10-8-14(9-11-26)18-13-24-19-7-6-15(23)12-17(19)21(18)25-20-5-3-2-4-16(20)22(27)28/h2-7,12-14H,8-11H2,1H3,(H,24,25)(H,27,28). The van der Waals surface area contributed by atoms with Crippen molar-refractivity contribution in [3.8, 4) is 0 Å². The largest absolute Gasteiger partial charge is 0.478 e. The number of hydrogen-bond acceptors (Lipinski definition) is 4. The van der Waals surface area contributed by atoms with E-state index in [-0.39, 0.29) is 5.56 Å². The molecule has 0 spiro atoms. The molecular weight excluding hydrogens is 374 g/mol. The molecule has 28 heavy (non-hydrogen) atoms. The van der Waals surface area contributed by atoms with Crippen LogP contribution in [-0.4, -0.2) is 41.1 Å². The minimum Gasteiger partial charge on any atom is -0.478 e. The Balaban J connectivity index is 1.85. The number of likely N-dealkylation sites (tertiary alicyclic amines) is 1. The molecule has 1 aliphatic rings. The zero-order valence-corrected chi connectivity index (χ0v) is 16.4. The Bertz CT molecular complexity index is 1030. The van der Waals surface area contributed by atoms with E-state index >= 15 is 0 Å². The first-order valence-corrected chi connectivity index (χ1v) is 9.77. The van der Waals surface area contributed by atoms with Crippen LogP contribution in [-0.2, 0) is 0 Å². The molecule has 3 aromatic rings. The number of nitrogens with one attached hydrogen (secondary N) is 1. The summed E-state index contributed by atoms with van der Waals surface area (Å²) >= 11 is 6.28. The van der Waals surface area contributed by atoms with Gasteiger partial charge in [0.05, 0.1) is 22.5 Å². The molecule has 0 atom stereocenters. The summed E-state index contributed by atoms with van der Waals surface area (Å²) in [5, 5.41) is 14.5. The van der Waals surface area contributed by atoms with Crippen molar-refractivity contribution in [2.45, 2.75) is 18.8 Å². The lowest BCUT2D eigenvalue weighted by molar-refractivity contribution is 0.0698. The second-order valence-corrected chi connectivity index (χ2v) is 7.74. The number of para-hydroxylation sites is 1. The van der Waals surface area contributed by atoms with Crippen molar-refractivity contribution < 1.29 is 9.90 Å². The van der Waals surface area contributed by atoms with E-state index in [2.05, 4.69) is 22.2 Å². The predicted molar refractivity (Wildman–Crippen MR) is 113 cm³/mol. The number of nitrogens with zero attached hydrogens (tertiary/aromatic N) is 2. The lowest BCUT2D eigenvalue weighted by atomic mass is 9.88. The van der Waals surface area contributed by atoms with Crippen LogP contribution in [0.4, 0.5) is 11.4 Å². The highest BCUT2D eigenvalue weighted by molar-refractivity contribution is 6.31. The fourth-order valence-electron chi connectivity index (χ4n) is 3.86. The van der Waals surface area contributed by atoms with Crippen molar-refractivity contribution in [2.75, 3.05) is 25.5 Å². The maximum absolute atomic E-state index is 11.7. The summed E-state index contributed by atoms with van der Waals surface area (Å²) in [4.78, 5) is 18.6. The number of hydrogen-bond donors (Lipinski definition) is 2. The van der Waals surface area contributed by atoms with E-state index in [0.29, 0.717) is 16.6 Å². The topological polar surface area (TPSA) is 65.5 Å². The molecule has 4 rings (SSSR count). The van der Waals surface area contributed by atoms with Crippen LogP contribution in [0.15, 0.2) is 48.7 Å². The molecule has 144 valence electrons. The monoisotopic (exact) mass is 395 g/mol. The molecule has 6 heteroatoms. The summed E-state index contributed by atoms with van der Waals surface area (Å²) in [6, 6.07) is 12.6. The zero-order chi connectivity index (χ0) is 19.7. The molecule has 0 radical (unpaired) electrons. The van der Waals surface area contributed by atoms with Gasteiger partial charge < -0.3 is 15.3 Å². The average molecular weight is 396 g/mol. The number of pyridine rings is 1. The number of rotatable bonds is 4. The average Bonchev–Trinajstić information content (AvgIpc) is 2.69. The highest BCUT2D eigenvalue weighted by Crippen LogP contribution is 2.39. The summed E-state index contributed by atoms with van der Waals surface area (Å²) in [6.07, 6.45) is 4.01. The first-order chi connectivity index (χ1) is 13.5. The van der Waals surface area contributed by atoms with E-state index in [9.17, 15) is 9.90 Å². The van der Waals surface area contributed by atoms with Crippen LogP contribution >= 0.6 is 11.6 Å². The molecule has 1 aliphatic heterocycles. The number of anilines is 2. The molecule has 0 saturated carbocycles. The van der Waals surface area contributed by atoms with E-state index in [1.165, 1.54) is 0 Å². The van der Waals surface area contributed by atoms with Crippen LogP contribution < -0.4 is 5.32 Å². The number of carbonyl (C=O) groups is 1. The fourth-order valence-corrected chi connectivity index (χ4v) is 4.03. The second-order valence-electron chi connectivity index (χ2n) is 7.30. The molecule has 2 N–H and O–H groups in total. The van der Waals surface area contributed by atoms with Crippen LogP contribution in [0.2, 0.25) is 5.02 Å². The smallest absolute Gasteiger partial charge is 0.337 e. The van der Waals surface area contributed by atoms with Crippen LogP contribution in [0.25, 0.3) is 10.9 Å². The van der Waals surface area contributed by atoms with E-state index in [0.717, 1.165) is 48.1 Å². The maximum Gasteiger partial charge on any atom is 0.337 e. The fraction of sp³-hybridized carbons (Fsp3) is 0.273. The van der Waals surface area contributed by atoms with Gasteiger partial charge in [-0.1, -0.05) is 23.7 Å². The molecule has 5 nitrogen and oxygen atoms in total. The van der Waals surface area contributed by atoms with Crippen molar-refractivity contribution in [2.24, 2.45) is 0 Å². The normalized spacial score (nSPS) is 15.6. The molecule has 0 unspecified atom stereocenters. The third-order valence-electron chi connectivity index (χ3n) is 5.43. The number of carboxylic acids is 1. The molecule has 0 amide bonds. The van der Waals surface area contributed by atoms with Gasteiger partial charge in [-0.2, -0.15) is 0 Å².